The van der Waals surface area contributed by atoms with Crippen molar-refractivity contribution in [2.75, 3.05) is 0 Å². The van der Waals surface area contributed by atoms with Crippen LogP contribution in [0.3, 0.4) is 0 Å². The molecule has 0 saturated carbocycles. The van der Waals surface area contributed by atoms with Gasteiger partial charge in [0.2, 0.25) is 0 Å². The average Bonchev–Trinajstić information content (AvgIpc) is 2.64. The van der Waals surface area contributed by atoms with E-state index >= 15 is 0 Å². The topological polar surface area (TPSA) is 18.5 Å². The third-order valence-electron chi connectivity index (χ3n) is 3.35. The van der Waals surface area contributed by atoms with E-state index in [1.807, 2.05) is 30.3 Å². The number of rotatable bonds is 5. The van der Waals surface area contributed by atoms with Crippen LogP contribution in [0.4, 0.5) is 8.78 Å². The first-order valence-corrected chi connectivity index (χ1v) is 8.24. The van der Waals surface area contributed by atoms with Crippen molar-refractivity contribution < 1.29 is 18.3 Å². The second-order valence-corrected chi connectivity index (χ2v) is 5.98. The summed E-state index contributed by atoms with van der Waals surface area (Å²) in [6, 6.07) is 19.6. The highest BCUT2D eigenvalue weighted by molar-refractivity contribution is 9.10. The molecule has 0 aromatic heterocycles. The van der Waals surface area contributed by atoms with Crippen LogP contribution in [-0.4, -0.2) is 0 Å². The van der Waals surface area contributed by atoms with Crippen LogP contribution >= 0.6 is 15.9 Å². The van der Waals surface area contributed by atoms with E-state index in [4.69, 9.17) is 9.47 Å². The average molecular weight is 403 g/mol. The number of hydrogen-bond donors (Lipinski definition) is 0. The van der Waals surface area contributed by atoms with E-state index in [0.29, 0.717) is 5.56 Å². The van der Waals surface area contributed by atoms with Crippen LogP contribution < -0.4 is 9.47 Å². The van der Waals surface area contributed by atoms with E-state index in [1.165, 1.54) is 12.1 Å². The van der Waals surface area contributed by atoms with Gasteiger partial charge < -0.3 is 9.47 Å². The normalized spacial score (nSPS) is 11.6. The molecule has 126 valence electrons. The zero-order chi connectivity index (χ0) is 17.6. The molecule has 0 atom stereocenters. The lowest BCUT2D eigenvalue weighted by molar-refractivity contribution is 0.203. The smallest absolute Gasteiger partial charge is 0.352 e. The molecule has 0 aliphatic heterocycles. The summed E-state index contributed by atoms with van der Waals surface area (Å²) in [6.07, 6.45) is 0. The lowest BCUT2D eigenvalue weighted by atomic mass is 10.1. The lowest BCUT2D eigenvalue weighted by Crippen LogP contribution is -1.99. The molecule has 0 aliphatic carbocycles. The molecule has 0 N–H and O–H groups in total. The molecular formula is C20H13BrF2O2. The van der Waals surface area contributed by atoms with Crippen molar-refractivity contribution in [3.8, 4) is 22.6 Å². The van der Waals surface area contributed by atoms with Gasteiger partial charge in [0, 0.05) is 10.0 Å². The van der Waals surface area contributed by atoms with E-state index in [9.17, 15) is 8.78 Å². The van der Waals surface area contributed by atoms with Crippen LogP contribution in [0.2, 0.25) is 0 Å². The first kappa shape index (κ1) is 17.2. The van der Waals surface area contributed by atoms with Gasteiger partial charge in [0.1, 0.15) is 11.5 Å². The monoisotopic (exact) mass is 402 g/mol. The summed E-state index contributed by atoms with van der Waals surface area (Å²) in [5.41, 5.74) is 1.48. The summed E-state index contributed by atoms with van der Waals surface area (Å²) in [5.74, 6) is 0.358. The highest BCUT2D eigenvalue weighted by Crippen LogP contribution is 2.32. The van der Waals surface area contributed by atoms with Gasteiger partial charge in [-0.2, -0.15) is 8.78 Å². The van der Waals surface area contributed by atoms with Gasteiger partial charge in [0.15, 0.2) is 0 Å². The first-order valence-electron chi connectivity index (χ1n) is 7.44. The number of benzene rings is 3. The van der Waals surface area contributed by atoms with Gasteiger partial charge in [-0.3, -0.25) is 0 Å². The number of hydrogen-bond acceptors (Lipinski definition) is 2. The van der Waals surface area contributed by atoms with Gasteiger partial charge in [-0.25, -0.2) is 0 Å². The Bertz CT molecular complexity index is 878. The molecule has 0 saturated heterocycles. The Morgan fingerprint density at radius 1 is 0.680 bits per heavy atom. The van der Waals surface area contributed by atoms with Crippen molar-refractivity contribution in [2.45, 2.75) is 0 Å². The minimum atomic E-state index is -1.44. The van der Waals surface area contributed by atoms with Crippen molar-refractivity contribution in [3.05, 3.63) is 95.4 Å². The maximum absolute atomic E-state index is 14.1. The molecule has 0 radical (unpaired) electrons. The fourth-order valence-electron chi connectivity index (χ4n) is 2.19. The molecule has 0 spiro atoms. The Labute approximate surface area is 152 Å². The molecule has 0 heterocycles. The molecule has 0 fully saturated rings. The van der Waals surface area contributed by atoms with Gasteiger partial charge >= 0.3 is 12.0 Å². The summed E-state index contributed by atoms with van der Waals surface area (Å²) in [7, 11) is 0. The molecule has 0 aliphatic rings. The molecule has 3 rings (SSSR count). The van der Waals surface area contributed by atoms with Gasteiger partial charge in [-0.1, -0.05) is 64.5 Å². The zero-order valence-corrected chi connectivity index (χ0v) is 14.5. The standard InChI is InChI=1S/C20H13BrF2O2/c21-15-10-12-16(13-11-15)24-19(22)20(23)25-18-9-5-4-8-17(18)14-6-2-1-3-7-14/h1-13H/b20-19-. The van der Waals surface area contributed by atoms with E-state index in [0.717, 1.165) is 10.0 Å². The van der Waals surface area contributed by atoms with Crippen LogP contribution in [0.15, 0.2) is 95.4 Å². The largest absolute Gasteiger partial charge is 0.427 e. The molecule has 25 heavy (non-hydrogen) atoms. The van der Waals surface area contributed by atoms with Crippen LogP contribution in [0.25, 0.3) is 11.1 Å². The molecule has 0 amide bonds. The van der Waals surface area contributed by atoms with E-state index in [2.05, 4.69) is 15.9 Å². The maximum atomic E-state index is 14.1. The van der Waals surface area contributed by atoms with Gasteiger partial charge in [-0.05, 0) is 35.9 Å². The molecule has 3 aromatic carbocycles. The Balaban J connectivity index is 1.83. The molecule has 5 heteroatoms. The Hall–Kier alpha value is -2.66. The maximum Gasteiger partial charge on any atom is 0.352 e. The molecule has 0 bridgehead atoms. The van der Waals surface area contributed by atoms with Crippen molar-refractivity contribution >= 4 is 15.9 Å². The van der Waals surface area contributed by atoms with Crippen molar-refractivity contribution in [1.82, 2.24) is 0 Å². The number of ether oxygens (including phenoxy) is 2. The summed E-state index contributed by atoms with van der Waals surface area (Å²) < 4.78 is 38.7. The van der Waals surface area contributed by atoms with Crippen LogP contribution in [-0.2, 0) is 0 Å². The fourth-order valence-corrected chi connectivity index (χ4v) is 2.46. The highest BCUT2D eigenvalue weighted by atomic mass is 79.9. The van der Waals surface area contributed by atoms with E-state index in [-0.39, 0.29) is 11.5 Å². The third-order valence-corrected chi connectivity index (χ3v) is 3.88. The summed E-state index contributed by atoms with van der Waals surface area (Å²) in [5, 5.41) is 0. The number of halogens is 3. The fraction of sp³-hybridized carbons (Fsp3) is 0. The third kappa shape index (κ3) is 4.45. The highest BCUT2D eigenvalue weighted by Gasteiger charge is 2.14. The summed E-state index contributed by atoms with van der Waals surface area (Å²) in [6.45, 7) is 0. The van der Waals surface area contributed by atoms with Crippen molar-refractivity contribution in [2.24, 2.45) is 0 Å². The Morgan fingerprint density at radius 3 is 2.00 bits per heavy atom. The Morgan fingerprint density at radius 2 is 1.28 bits per heavy atom. The van der Waals surface area contributed by atoms with Crippen LogP contribution in [0.1, 0.15) is 0 Å². The predicted molar refractivity (Wildman–Crippen MR) is 96.5 cm³/mol. The van der Waals surface area contributed by atoms with Gasteiger partial charge in [0.05, 0.1) is 0 Å². The molecule has 0 unspecified atom stereocenters. The molecule has 3 aromatic rings. The number of para-hydroxylation sites is 1. The van der Waals surface area contributed by atoms with Crippen LogP contribution in [0, 0.1) is 0 Å². The predicted octanol–water partition coefficient (Wildman–Crippen LogP) is 6.64. The second-order valence-electron chi connectivity index (χ2n) is 5.07. The lowest BCUT2D eigenvalue weighted by Gasteiger charge is -2.10. The SMILES string of the molecule is F/C(Oc1ccc(Br)cc1)=C(\F)Oc1ccccc1-c1ccccc1. The van der Waals surface area contributed by atoms with E-state index in [1.54, 1.807) is 36.4 Å². The molecular weight excluding hydrogens is 390 g/mol. The van der Waals surface area contributed by atoms with Gasteiger partial charge in [-0.15, -0.1) is 0 Å². The Kier molecular flexibility index (Phi) is 5.46. The van der Waals surface area contributed by atoms with Crippen molar-refractivity contribution in [1.29, 1.82) is 0 Å². The quantitative estimate of drug-likeness (QED) is 0.445. The second kappa shape index (κ2) is 7.94. The minimum absolute atomic E-state index is 0.163. The van der Waals surface area contributed by atoms with Gasteiger partial charge in [0.25, 0.3) is 0 Å². The van der Waals surface area contributed by atoms with Crippen LogP contribution in [0.5, 0.6) is 11.5 Å². The zero-order valence-electron chi connectivity index (χ0n) is 13.0. The summed E-state index contributed by atoms with van der Waals surface area (Å²) in [4.78, 5) is 0. The minimum Gasteiger partial charge on any atom is -0.427 e. The molecule has 2 nitrogen and oxygen atoms in total. The van der Waals surface area contributed by atoms with Crippen molar-refractivity contribution in [3.63, 3.8) is 0 Å². The van der Waals surface area contributed by atoms with E-state index < -0.39 is 12.0 Å². The first-order chi connectivity index (χ1) is 12.1. The summed E-state index contributed by atoms with van der Waals surface area (Å²) >= 11 is 3.25.